The molecular formula is C5H9NO3. The monoisotopic (exact) mass is 131 g/mol. The largest absolute Gasteiger partial charge is 0.465 e. The molecule has 0 unspecified atom stereocenters. The molecule has 0 aromatic carbocycles. The van der Waals surface area contributed by atoms with E-state index in [0.29, 0.717) is 0 Å². The van der Waals surface area contributed by atoms with Gasteiger partial charge in [-0.2, -0.15) is 0 Å². The lowest BCUT2D eigenvalue weighted by atomic mass is 10.3. The fourth-order valence-corrected chi connectivity index (χ4v) is 0.700. The predicted octanol–water partition coefficient (Wildman–Crippen LogP) is -0.221. The molecule has 0 saturated heterocycles. The molecule has 9 heavy (non-hydrogen) atoms. The normalized spacial score (nSPS) is 21.0. The molecule has 4 heteroatoms. The zero-order valence-electron chi connectivity index (χ0n) is 4.92. The zero-order chi connectivity index (χ0) is 6.91. The molecule has 0 aromatic heterocycles. The molecule has 3 N–H and O–H groups in total. The minimum absolute atomic E-state index is 0.0840. The van der Waals surface area contributed by atoms with Gasteiger partial charge in [-0.05, 0) is 12.8 Å². The van der Waals surface area contributed by atoms with Gasteiger partial charge >= 0.3 is 6.09 Å². The maximum absolute atomic E-state index is 9.99. The third-order valence-corrected chi connectivity index (χ3v) is 1.53. The average molecular weight is 131 g/mol. The van der Waals surface area contributed by atoms with Crippen molar-refractivity contribution in [3.8, 4) is 0 Å². The number of hydrogen-bond donors (Lipinski definition) is 3. The first kappa shape index (κ1) is 6.35. The maximum atomic E-state index is 9.99. The fraction of sp³-hybridized carbons (Fsp3) is 0.800. The molecule has 1 saturated carbocycles. The minimum atomic E-state index is -1.05. The van der Waals surface area contributed by atoms with Crippen molar-refractivity contribution in [2.75, 3.05) is 6.61 Å². The van der Waals surface area contributed by atoms with E-state index in [-0.39, 0.29) is 6.61 Å². The van der Waals surface area contributed by atoms with Crippen LogP contribution in [0.25, 0.3) is 0 Å². The van der Waals surface area contributed by atoms with Gasteiger partial charge in [0.15, 0.2) is 0 Å². The van der Waals surface area contributed by atoms with Gasteiger partial charge in [0, 0.05) is 0 Å². The van der Waals surface area contributed by atoms with Gasteiger partial charge in [0.05, 0.1) is 12.1 Å². The summed E-state index contributed by atoms with van der Waals surface area (Å²) in [6.07, 6.45) is 0.465. The van der Waals surface area contributed by atoms with Crippen LogP contribution in [0.2, 0.25) is 0 Å². The van der Waals surface area contributed by atoms with Crippen LogP contribution in [0.15, 0.2) is 0 Å². The molecule has 4 nitrogen and oxygen atoms in total. The Labute approximate surface area is 52.5 Å². The second-order valence-corrected chi connectivity index (χ2v) is 2.37. The Bertz CT molecular complexity index is 130. The van der Waals surface area contributed by atoms with Crippen molar-refractivity contribution in [3.05, 3.63) is 0 Å². The van der Waals surface area contributed by atoms with E-state index in [0.717, 1.165) is 12.8 Å². The summed E-state index contributed by atoms with van der Waals surface area (Å²) in [4.78, 5) is 9.99. The number of amides is 1. The summed E-state index contributed by atoms with van der Waals surface area (Å²) in [6.45, 7) is -0.0840. The topological polar surface area (TPSA) is 69.6 Å². The Hall–Kier alpha value is -0.770. The highest BCUT2D eigenvalue weighted by atomic mass is 16.4. The summed E-state index contributed by atoms with van der Waals surface area (Å²) >= 11 is 0. The quantitative estimate of drug-likeness (QED) is 0.485. The summed E-state index contributed by atoms with van der Waals surface area (Å²) in [6, 6.07) is 0. The van der Waals surface area contributed by atoms with E-state index in [1.807, 2.05) is 0 Å². The molecule has 0 aliphatic heterocycles. The van der Waals surface area contributed by atoms with Crippen LogP contribution in [0, 0.1) is 0 Å². The molecule has 0 radical (unpaired) electrons. The van der Waals surface area contributed by atoms with Crippen molar-refractivity contribution in [2.24, 2.45) is 0 Å². The smallest absolute Gasteiger partial charge is 0.405 e. The number of rotatable bonds is 2. The number of aliphatic hydroxyl groups is 1. The van der Waals surface area contributed by atoms with Crippen LogP contribution in [0.5, 0.6) is 0 Å². The molecule has 1 aliphatic rings. The number of aliphatic hydroxyl groups excluding tert-OH is 1. The van der Waals surface area contributed by atoms with Crippen LogP contribution in [0.4, 0.5) is 4.79 Å². The van der Waals surface area contributed by atoms with Crippen LogP contribution in [-0.4, -0.2) is 28.5 Å². The van der Waals surface area contributed by atoms with E-state index in [9.17, 15) is 4.79 Å². The van der Waals surface area contributed by atoms with Crippen molar-refractivity contribution in [1.82, 2.24) is 5.32 Å². The second kappa shape index (κ2) is 1.88. The molecule has 1 fully saturated rings. The molecule has 0 heterocycles. The first-order valence-electron chi connectivity index (χ1n) is 2.80. The summed E-state index contributed by atoms with van der Waals surface area (Å²) in [5.74, 6) is 0. The van der Waals surface area contributed by atoms with Gasteiger partial charge in [0.25, 0.3) is 0 Å². The highest BCUT2D eigenvalue weighted by Gasteiger charge is 2.43. The van der Waals surface area contributed by atoms with E-state index in [1.165, 1.54) is 0 Å². The van der Waals surface area contributed by atoms with E-state index < -0.39 is 11.6 Å². The molecule has 0 spiro atoms. The third kappa shape index (κ3) is 1.32. The Morgan fingerprint density at radius 1 is 1.67 bits per heavy atom. The van der Waals surface area contributed by atoms with Gasteiger partial charge < -0.3 is 15.5 Å². The molecule has 0 bridgehead atoms. The van der Waals surface area contributed by atoms with Crippen LogP contribution < -0.4 is 5.32 Å². The van der Waals surface area contributed by atoms with Crippen molar-refractivity contribution in [1.29, 1.82) is 0 Å². The van der Waals surface area contributed by atoms with Gasteiger partial charge in [-0.3, -0.25) is 0 Å². The second-order valence-electron chi connectivity index (χ2n) is 2.37. The summed E-state index contributed by atoms with van der Waals surface area (Å²) in [5, 5.41) is 19.0. The lowest BCUT2D eigenvalue weighted by molar-refractivity contribution is 0.173. The van der Waals surface area contributed by atoms with Gasteiger partial charge in [0.1, 0.15) is 0 Å². The van der Waals surface area contributed by atoms with Crippen molar-refractivity contribution in [2.45, 2.75) is 18.4 Å². The Balaban J connectivity index is 2.33. The maximum Gasteiger partial charge on any atom is 0.405 e. The van der Waals surface area contributed by atoms with Crippen molar-refractivity contribution < 1.29 is 15.0 Å². The van der Waals surface area contributed by atoms with E-state index in [1.54, 1.807) is 0 Å². The van der Waals surface area contributed by atoms with Gasteiger partial charge in [-0.15, -0.1) is 0 Å². The summed E-state index contributed by atoms with van der Waals surface area (Å²) in [5.41, 5.74) is -0.480. The Morgan fingerprint density at radius 2 is 2.22 bits per heavy atom. The number of carboxylic acid groups (broad SMARTS) is 1. The molecule has 0 aromatic rings. The van der Waals surface area contributed by atoms with E-state index in [2.05, 4.69) is 5.32 Å². The van der Waals surface area contributed by atoms with E-state index in [4.69, 9.17) is 10.2 Å². The highest BCUT2D eigenvalue weighted by Crippen LogP contribution is 2.34. The molecule has 1 rings (SSSR count). The SMILES string of the molecule is O=C(O)NC1(CO)CC1. The van der Waals surface area contributed by atoms with Crippen LogP contribution in [-0.2, 0) is 0 Å². The predicted molar refractivity (Wildman–Crippen MR) is 30.2 cm³/mol. The first-order chi connectivity index (χ1) is 4.18. The number of hydrogen-bond acceptors (Lipinski definition) is 2. The molecule has 0 atom stereocenters. The average Bonchev–Trinajstić information content (AvgIpc) is 2.48. The lowest BCUT2D eigenvalue weighted by Crippen LogP contribution is -2.38. The Kier molecular flexibility index (Phi) is 1.32. The van der Waals surface area contributed by atoms with Crippen molar-refractivity contribution >= 4 is 6.09 Å². The molecule has 52 valence electrons. The number of carbonyl (C=O) groups is 1. The fourth-order valence-electron chi connectivity index (χ4n) is 0.700. The van der Waals surface area contributed by atoms with Gasteiger partial charge in [-0.25, -0.2) is 4.79 Å². The molecule has 1 aliphatic carbocycles. The zero-order valence-corrected chi connectivity index (χ0v) is 4.92. The van der Waals surface area contributed by atoms with Crippen LogP contribution in [0.1, 0.15) is 12.8 Å². The Morgan fingerprint density at radius 3 is 2.33 bits per heavy atom. The van der Waals surface area contributed by atoms with Crippen LogP contribution >= 0.6 is 0 Å². The number of nitrogens with one attached hydrogen (secondary N) is 1. The minimum Gasteiger partial charge on any atom is -0.465 e. The first-order valence-corrected chi connectivity index (χ1v) is 2.80. The third-order valence-electron chi connectivity index (χ3n) is 1.53. The lowest BCUT2D eigenvalue weighted by Gasteiger charge is -2.09. The standard InChI is InChI=1S/C5H9NO3/c7-3-5(1-2-5)6-4(8)9/h6-7H,1-3H2,(H,8,9). The summed E-state index contributed by atoms with van der Waals surface area (Å²) in [7, 11) is 0. The van der Waals surface area contributed by atoms with Crippen molar-refractivity contribution in [3.63, 3.8) is 0 Å². The van der Waals surface area contributed by atoms with Gasteiger partial charge in [-0.1, -0.05) is 0 Å². The highest BCUT2D eigenvalue weighted by molar-refractivity contribution is 5.66. The van der Waals surface area contributed by atoms with Gasteiger partial charge in [0.2, 0.25) is 0 Å². The molecular weight excluding hydrogens is 122 g/mol. The van der Waals surface area contributed by atoms with E-state index >= 15 is 0 Å². The molecule has 1 amide bonds. The van der Waals surface area contributed by atoms with Crippen LogP contribution in [0.3, 0.4) is 0 Å². The summed E-state index contributed by atoms with van der Waals surface area (Å²) < 4.78 is 0.